The molecule has 0 aliphatic rings. The second-order valence-corrected chi connectivity index (χ2v) is 5.09. The number of benzene rings is 2. The summed E-state index contributed by atoms with van der Waals surface area (Å²) in [5, 5.41) is 10.8. The molecule has 122 valence electrons. The highest BCUT2D eigenvalue weighted by Gasteiger charge is 2.12. The van der Waals surface area contributed by atoms with Crippen molar-refractivity contribution in [3.63, 3.8) is 0 Å². The molecule has 3 rings (SSSR count). The molecular formula is C18H17N3O3. The van der Waals surface area contributed by atoms with Gasteiger partial charge in [0.25, 0.3) is 5.91 Å². The Kier molecular flexibility index (Phi) is 4.56. The van der Waals surface area contributed by atoms with Crippen LogP contribution in [0, 0.1) is 0 Å². The Morgan fingerprint density at radius 1 is 1.12 bits per heavy atom. The van der Waals surface area contributed by atoms with E-state index in [9.17, 15) is 4.79 Å². The van der Waals surface area contributed by atoms with Crippen LogP contribution >= 0.6 is 0 Å². The summed E-state index contributed by atoms with van der Waals surface area (Å²) < 4.78 is 10.7. The molecule has 0 saturated heterocycles. The van der Waals surface area contributed by atoms with Crippen LogP contribution < -0.4 is 10.1 Å². The lowest BCUT2D eigenvalue weighted by molar-refractivity contribution is 0.102. The number of carbonyl (C=O) groups is 1. The van der Waals surface area contributed by atoms with Gasteiger partial charge in [0, 0.05) is 17.7 Å². The van der Waals surface area contributed by atoms with Crippen LogP contribution in [0.2, 0.25) is 0 Å². The zero-order chi connectivity index (χ0) is 16.9. The fourth-order valence-electron chi connectivity index (χ4n) is 2.24. The van der Waals surface area contributed by atoms with Gasteiger partial charge in [0.05, 0.1) is 12.7 Å². The number of aromatic nitrogens is 2. The number of ether oxygens (including phenoxy) is 1. The second-order valence-electron chi connectivity index (χ2n) is 5.09. The topological polar surface area (TPSA) is 77.2 Å². The van der Waals surface area contributed by atoms with Crippen LogP contribution in [0.25, 0.3) is 11.5 Å². The molecule has 1 aromatic heterocycles. The van der Waals surface area contributed by atoms with E-state index in [2.05, 4.69) is 15.5 Å². The van der Waals surface area contributed by atoms with Crippen molar-refractivity contribution in [1.82, 2.24) is 10.2 Å². The molecule has 0 aliphatic heterocycles. The maximum atomic E-state index is 12.4. The van der Waals surface area contributed by atoms with Gasteiger partial charge in [-0.3, -0.25) is 4.79 Å². The van der Waals surface area contributed by atoms with Gasteiger partial charge in [0.1, 0.15) is 5.75 Å². The molecule has 1 N–H and O–H groups in total. The molecule has 0 atom stereocenters. The molecule has 0 spiro atoms. The van der Waals surface area contributed by atoms with Crippen molar-refractivity contribution >= 4 is 11.6 Å². The third-order valence-electron chi connectivity index (χ3n) is 3.51. The summed E-state index contributed by atoms with van der Waals surface area (Å²) in [5.41, 5.74) is 1.95. The summed E-state index contributed by atoms with van der Waals surface area (Å²) in [4.78, 5) is 12.4. The van der Waals surface area contributed by atoms with Crippen molar-refractivity contribution < 1.29 is 13.9 Å². The van der Waals surface area contributed by atoms with Crippen LogP contribution in [-0.2, 0) is 6.42 Å². The molecule has 1 amide bonds. The second kappa shape index (κ2) is 6.95. The van der Waals surface area contributed by atoms with Gasteiger partial charge in [-0.15, -0.1) is 10.2 Å². The van der Waals surface area contributed by atoms with Crippen LogP contribution in [0.4, 0.5) is 5.69 Å². The number of carbonyl (C=O) groups excluding carboxylic acids is 1. The summed E-state index contributed by atoms with van der Waals surface area (Å²) in [7, 11) is 1.54. The highest BCUT2D eigenvalue weighted by Crippen LogP contribution is 2.22. The summed E-state index contributed by atoms with van der Waals surface area (Å²) in [6.07, 6.45) is 0.694. The SMILES string of the molecule is CCc1nnc(-c2ccc(NC(=O)c3ccccc3OC)cc2)o1. The van der Waals surface area contributed by atoms with E-state index in [4.69, 9.17) is 9.15 Å². The van der Waals surface area contributed by atoms with Gasteiger partial charge in [0.2, 0.25) is 11.8 Å². The fourth-order valence-corrected chi connectivity index (χ4v) is 2.24. The van der Waals surface area contributed by atoms with E-state index in [1.807, 2.05) is 25.1 Å². The normalized spacial score (nSPS) is 10.4. The van der Waals surface area contributed by atoms with Crippen molar-refractivity contribution in [1.29, 1.82) is 0 Å². The van der Waals surface area contributed by atoms with Crippen LogP contribution in [0.1, 0.15) is 23.2 Å². The minimum absolute atomic E-state index is 0.230. The number of nitrogens with zero attached hydrogens (tertiary/aromatic N) is 2. The predicted octanol–water partition coefficient (Wildman–Crippen LogP) is 3.56. The average molecular weight is 323 g/mol. The molecule has 0 radical (unpaired) electrons. The number of anilines is 1. The number of hydrogen-bond acceptors (Lipinski definition) is 5. The van der Waals surface area contributed by atoms with Gasteiger partial charge >= 0.3 is 0 Å². The first kappa shape index (κ1) is 15.7. The lowest BCUT2D eigenvalue weighted by Crippen LogP contribution is -2.12. The van der Waals surface area contributed by atoms with Crippen LogP contribution in [0.3, 0.4) is 0 Å². The molecule has 2 aromatic carbocycles. The molecule has 24 heavy (non-hydrogen) atoms. The van der Waals surface area contributed by atoms with E-state index >= 15 is 0 Å². The fraction of sp³-hybridized carbons (Fsp3) is 0.167. The van der Waals surface area contributed by atoms with Gasteiger partial charge < -0.3 is 14.5 Å². The Hall–Kier alpha value is -3.15. The maximum Gasteiger partial charge on any atom is 0.259 e. The lowest BCUT2D eigenvalue weighted by atomic mass is 10.1. The molecular weight excluding hydrogens is 306 g/mol. The predicted molar refractivity (Wildman–Crippen MR) is 90.1 cm³/mol. The van der Waals surface area contributed by atoms with E-state index in [1.54, 1.807) is 30.3 Å². The van der Waals surface area contributed by atoms with E-state index < -0.39 is 0 Å². The molecule has 1 heterocycles. The summed E-state index contributed by atoms with van der Waals surface area (Å²) in [6, 6.07) is 14.3. The molecule has 0 saturated carbocycles. The zero-order valence-corrected chi connectivity index (χ0v) is 13.4. The minimum Gasteiger partial charge on any atom is -0.496 e. The number of amides is 1. The van der Waals surface area contributed by atoms with Gasteiger partial charge in [-0.1, -0.05) is 19.1 Å². The molecule has 6 nitrogen and oxygen atoms in total. The van der Waals surface area contributed by atoms with Gasteiger partial charge in [0.15, 0.2) is 0 Å². The first-order chi connectivity index (χ1) is 11.7. The molecule has 0 unspecified atom stereocenters. The number of nitrogens with one attached hydrogen (secondary N) is 1. The number of aryl methyl sites for hydroxylation is 1. The Bertz CT molecular complexity index is 841. The molecule has 6 heteroatoms. The monoisotopic (exact) mass is 323 g/mol. The van der Waals surface area contributed by atoms with Crippen molar-refractivity contribution in [2.75, 3.05) is 12.4 Å². The van der Waals surface area contributed by atoms with Crippen LogP contribution in [-0.4, -0.2) is 23.2 Å². The van der Waals surface area contributed by atoms with Gasteiger partial charge in [-0.25, -0.2) is 0 Å². The Morgan fingerprint density at radius 2 is 1.88 bits per heavy atom. The third kappa shape index (κ3) is 3.27. The highest BCUT2D eigenvalue weighted by atomic mass is 16.5. The number of methoxy groups -OCH3 is 1. The molecule has 0 fully saturated rings. The smallest absolute Gasteiger partial charge is 0.259 e. The Labute approximate surface area is 139 Å². The van der Waals surface area contributed by atoms with Gasteiger partial charge in [-0.05, 0) is 36.4 Å². The van der Waals surface area contributed by atoms with Crippen molar-refractivity contribution in [2.45, 2.75) is 13.3 Å². The van der Waals surface area contributed by atoms with Gasteiger partial charge in [-0.2, -0.15) is 0 Å². The first-order valence-corrected chi connectivity index (χ1v) is 7.58. The Balaban J connectivity index is 1.75. The minimum atomic E-state index is -0.230. The summed E-state index contributed by atoms with van der Waals surface area (Å²) in [5.74, 6) is 1.36. The largest absolute Gasteiger partial charge is 0.496 e. The third-order valence-corrected chi connectivity index (χ3v) is 3.51. The van der Waals surface area contributed by atoms with E-state index in [-0.39, 0.29) is 5.91 Å². The summed E-state index contributed by atoms with van der Waals surface area (Å²) in [6.45, 7) is 1.95. The average Bonchev–Trinajstić information content (AvgIpc) is 3.11. The van der Waals surface area contributed by atoms with E-state index in [0.29, 0.717) is 35.2 Å². The molecule has 0 bridgehead atoms. The molecule has 0 aliphatic carbocycles. The maximum absolute atomic E-state index is 12.4. The highest BCUT2D eigenvalue weighted by molar-refractivity contribution is 6.06. The standard InChI is InChI=1S/C18H17N3O3/c1-3-16-20-21-18(24-16)12-8-10-13(11-9-12)19-17(22)14-6-4-5-7-15(14)23-2/h4-11H,3H2,1-2H3,(H,19,22). The quantitative estimate of drug-likeness (QED) is 0.777. The van der Waals surface area contributed by atoms with Crippen molar-refractivity contribution in [3.05, 3.63) is 60.0 Å². The molecule has 3 aromatic rings. The van der Waals surface area contributed by atoms with Crippen molar-refractivity contribution in [3.8, 4) is 17.2 Å². The van der Waals surface area contributed by atoms with E-state index in [1.165, 1.54) is 7.11 Å². The van der Waals surface area contributed by atoms with Crippen LogP contribution in [0.5, 0.6) is 5.75 Å². The van der Waals surface area contributed by atoms with E-state index in [0.717, 1.165) is 5.56 Å². The number of rotatable bonds is 5. The lowest BCUT2D eigenvalue weighted by Gasteiger charge is -2.09. The van der Waals surface area contributed by atoms with Crippen molar-refractivity contribution in [2.24, 2.45) is 0 Å². The van der Waals surface area contributed by atoms with Crippen LogP contribution in [0.15, 0.2) is 52.9 Å². The first-order valence-electron chi connectivity index (χ1n) is 7.58. The Morgan fingerprint density at radius 3 is 2.54 bits per heavy atom. The zero-order valence-electron chi connectivity index (χ0n) is 13.4. The summed E-state index contributed by atoms with van der Waals surface area (Å²) >= 11 is 0. The number of hydrogen-bond donors (Lipinski definition) is 1. The number of para-hydroxylation sites is 1.